The van der Waals surface area contributed by atoms with Gasteiger partial charge in [-0.15, -0.1) is 0 Å². The first-order valence-electron chi connectivity index (χ1n) is 7.96. The number of aryl methyl sites for hydroxylation is 1. The molecule has 1 atom stereocenters. The first-order chi connectivity index (χ1) is 10.8. The topological polar surface area (TPSA) is 41.1 Å². The second-order valence-corrected chi connectivity index (χ2v) is 5.79. The van der Waals surface area contributed by atoms with E-state index in [2.05, 4.69) is 47.0 Å². The van der Waals surface area contributed by atoms with Crippen LogP contribution in [-0.4, -0.2) is 19.0 Å². The number of para-hydroxylation sites is 1. The number of fused-ring (bicyclic) bond motifs is 1. The number of amides is 1. The zero-order chi connectivity index (χ0) is 15.2. The number of carbonyl (C=O) groups excluding carboxylic acids is 1. The van der Waals surface area contributed by atoms with Crippen molar-refractivity contribution in [1.82, 2.24) is 5.32 Å². The minimum atomic E-state index is 0.142. The maximum atomic E-state index is 11.9. The molecule has 0 saturated carbocycles. The highest BCUT2D eigenvalue weighted by Gasteiger charge is 2.20. The van der Waals surface area contributed by atoms with Gasteiger partial charge in [0.2, 0.25) is 5.91 Å². The van der Waals surface area contributed by atoms with E-state index in [1.165, 1.54) is 16.8 Å². The highest BCUT2D eigenvalue weighted by Crippen LogP contribution is 2.32. The first-order valence-corrected chi connectivity index (χ1v) is 7.96. The van der Waals surface area contributed by atoms with Crippen LogP contribution in [0.25, 0.3) is 0 Å². The minimum absolute atomic E-state index is 0.142. The Labute approximate surface area is 131 Å². The highest BCUT2D eigenvalue weighted by molar-refractivity contribution is 5.76. The number of hydrogen-bond acceptors (Lipinski definition) is 2. The number of carbonyl (C=O) groups is 1. The summed E-state index contributed by atoms with van der Waals surface area (Å²) in [7, 11) is 0. The van der Waals surface area contributed by atoms with Crippen LogP contribution in [0.5, 0.6) is 0 Å². The third-order valence-electron chi connectivity index (χ3n) is 4.24. The number of nitrogens with one attached hydrogen (secondary N) is 2. The second-order valence-electron chi connectivity index (χ2n) is 5.79. The fourth-order valence-electron chi connectivity index (χ4n) is 2.99. The lowest BCUT2D eigenvalue weighted by Gasteiger charge is -2.11. The summed E-state index contributed by atoms with van der Waals surface area (Å²) < 4.78 is 0. The SMILES string of the molecule is O=C(CCc1ccccc1)NCCC1CNc2ccccc21. The molecule has 3 rings (SSSR count). The summed E-state index contributed by atoms with van der Waals surface area (Å²) in [5.41, 5.74) is 3.83. The smallest absolute Gasteiger partial charge is 0.220 e. The van der Waals surface area contributed by atoms with Crippen molar-refractivity contribution in [1.29, 1.82) is 0 Å². The van der Waals surface area contributed by atoms with Gasteiger partial charge in [-0.2, -0.15) is 0 Å². The fraction of sp³-hybridized carbons (Fsp3) is 0.316. The molecule has 0 aliphatic carbocycles. The Bertz CT molecular complexity index is 624. The van der Waals surface area contributed by atoms with Gasteiger partial charge in [-0.25, -0.2) is 0 Å². The monoisotopic (exact) mass is 294 g/mol. The Morgan fingerprint density at radius 2 is 1.86 bits per heavy atom. The zero-order valence-electron chi connectivity index (χ0n) is 12.7. The second kappa shape index (κ2) is 7.12. The average Bonchev–Trinajstić information content (AvgIpc) is 2.97. The molecule has 1 heterocycles. The lowest BCUT2D eigenvalue weighted by molar-refractivity contribution is -0.121. The minimum Gasteiger partial charge on any atom is -0.384 e. The van der Waals surface area contributed by atoms with Gasteiger partial charge >= 0.3 is 0 Å². The van der Waals surface area contributed by atoms with Crippen molar-refractivity contribution in [3.63, 3.8) is 0 Å². The van der Waals surface area contributed by atoms with E-state index in [-0.39, 0.29) is 5.91 Å². The van der Waals surface area contributed by atoms with Crippen molar-refractivity contribution in [3.05, 3.63) is 65.7 Å². The quantitative estimate of drug-likeness (QED) is 0.858. The van der Waals surface area contributed by atoms with E-state index < -0.39 is 0 Å². The van der Waals surface area contributed by atoms with Crippen molar-refractivity contribution >= 4 is 11.6 Å². The Kier molecular flexibility index (Phi) is 4.74. The molecule has 3 heteroatoms. The molecule has 114 valence electrons. The molecule has 0 fully saturated rings. The van der Waals surface area contributed by atoms with E-state index >= 15 is 0 Å². The van der Waals surface area contributed by atoms with Crippen LogP contribution in [0.4, 0.5) is 5.69 Å². The predicted octanol–water partition coefficient (Wildman–Crippen LogP) is 3.33. The maximum absolute atomic E-state index is 11.9. The van der Waals surface area contributed by atoms with Crippen molar-refractivity contribution in [2.75, 3.05) is 18.4 Å². The van der Waals surface area contributed by atoms with Crippen LogP contribution in [0.3, 0.4) is 0 Å². The molecule has 0 aromatic heterocycles. The van der Waals surface area contributed by atoms with Gasteiger partial charge in [0.1, 0.15) is 0 Å². The van der Waals surface area contributed by atoms with Gasteiger partial charge in [0.05, 0.1) is 0 Å². The molecule has 2 N–H and O–H groups in total. The van der Waals surface area contributed by atoms with Gasteiger partial charge in [-0.05, 0) is 30.0 Å². The molecule has 1 aliphatic heterocycles. The standard InChI is InChI=1S/C19H22N2O/c22-19(11-10-15-6-2-1-3-7-15)20-13-12-16-14-21-18-9-5-4-8-17(16)18/h1-9,16,21H,10-14H2,(H,20,22). The third-order valence-corrected chi connectivity index (χ3v) is 4.24. The molecule has 0 radical (unpaired) electrons. The normalized spacial score (nSPS) is 15.9. The van der Waals surface area contributed by atoms with E-state index in [1.54, 1.807) is 0 Å². The summed E-state index contributed by atoms with van der Waals surface area (Å²) in [5.74, 6) is 0.647. The highest BCUT2D eigenvalue weighted by atomic mass is 16.1. The summed E-state index contributed by atoms with van der Waals surface area (Å²) in [6.07, 6.45) is 2.35. The van der Waals surface area contributed by atoms with E-state index in [0.29, 0.717) is 12.3 Å². The predicted molar refractivity (Wildman–Crippen MR) is 90.1 cm³/mol. The molecule has 1 unspecified atom stereocenters. The molecule has 1 aliphatic rings. The van der Waals surface area contributed by atoms with Gasteiger partial charge < -0.3 is 10.6 Å². The summed E-state index contributed by atoms with van der Waals surface area (Å²) in [6.45, 7) is 1.72. The maximum Gasteiger partial charge on any atom is 0.220 e. The Hall–Kier alpha value is -2.29. The molecule has 3 nitrogen and oxygen atoms in total. The van der Waals surface area contributed by atoms with Crippen LogP contribution >= 0.6 is 0 Å². The van der Waals surface area contributed by atoms with Crippen LogP contribution in [0.15, 0.2) is 54.6 Å². The number of benzene rings is 2. The average molecular weight is 294 g/mol. The van der Waals surface area contributed by atoms with Crippen LogP contribution in [-0.2, 0) is 11.2 Å². The molecule has 0 spiro atoms. The molecule has 2 aromatic rings. The number of hydrogen-bond donors (Lipinski definition) is 2. The third kappa shape index (κ3) is 3.67. The Balaban J connectivity index is 1.39. The molecule has 0 saturated heterocycles. The number of rotatable bonds is 6. The first kappa shape index (κ1) is 14.6. The summed E-state index contributed by atoms with van der Waals surface area (Å²) >= 11 is 0. The lowest BCUT2D eigenvalue weighted by atomic mass is 9.98. The van der Waals surface area contributed by atoms with Crippen molar-refractivity contribution in [3.8, 4) is 0 Å². The molecular formula is C19H22N2O. The summed E-state index contributed by atoms with van der Waals surface area (Å²) in [5, 5.41) is 6.47. The molecule has 22 heavy (non-hydrogen) atoms. The van der Waals surface area contributed by atoms with Crippen molar-refractivity contribution < 1.29 is 4.79 Å². The molecule has 2 aromatic carbocycles. The van der Waals surface area contributed by atoms with Crippen LogP contribution in [0, 0.1) is 0 Å². The van der Waals surface area contributed by atoms with E-state index in [1.807, 2.05) is 18.2 Å². The van der Waals surface area contributed by atoms with E-state index in [4.69, 9.17) is 0 Å². The molecule has 1 amide bonds. The van der Waals surface area contributed by atoms with Gasteiger partial charge in [-0.3, -0.25) is 4.79 Å². The number of anilines is 1. The van der Waals surface area contributed by atoms with Crippen molar-refractivity contribution in [2.45, 2.75) is 25.2 Å². The van der Waals surface area contributed by atoms with Gasteiger partial charge in [0.15, 0.2) is 0 Å². The fourth-order valence-corrected chi connectivity index (χ4v) is 2.99. The lowest BCUT2D eigenvalue weighted by Crippen LogP contribution is -2.26. The van der Waals surface area contributed by atoms with Crippen LogP contribution < -0.4 is 10.6 Å². The Morgan fingerprint density at radius 3 is 2.73 bits per heavy atom. The van der Waals surface area contributed by atoms with E-state index in [9.17, 15) is 4.79 Å². The van der Waals surface area contributed by atoms with Crippen LogP contribution in [0.1, 0.15) is 29.9 Å². The van der Waals surface area contributed by atoms with Gasteiger partial charge in [-0.1, -0.05) is 48.5 Å². The summed E-state index contributed by atoms with van der Waals surface area (Å²) in [6, 6.07) is 18.6. The Morgan fingerprint density at radius 1 is 1.09 bits per heavy atom. The van der Waals surface area contributed by atoms with Crippen LogP contribution in [0.2, 0.25) is 0 Å². The van der Waals surface area contributed by atoms with Crippen molar-refractivity contribution in [2.24, 2.45) is 0 Å². The van der Waals surface area contributed by atoms with Gasteiger partial charge in [0.25, 0.3) is 0 Å². The molecule has 0 bridgehead atoms. The zero-order valence-corrected chi connectivity index (χ0v) is 12.7. The van der Waals surface area contributed by atoms with E-state index in [0.717, 1.165) is 25.9 Å². The molecular weight excluding hydrogens is 272 g/mol. The summed E-state index contributed by atoms with van der Waals surface area (Å²) in [4.78, 5) is 11.9. The largest absolute Gasteiger partial charge is 0.384 e. The van der Waals surface area contributed by atoms with Gasteiger partial charge in [0, 0.05) is 31.1 Å².